The number of hydrogen-bond acceptors (Lipinski definition) is 7. The van der Waals surface area contributed by atoms with Crippen LogP contribution in [-0.2, 0) is 16.0 Å². The van der Waals surface area contributed by atoms with Crippen LogP contribution in [0.2, 0.25) is 0 Å². The molecule has 8 heteroatoms. The van der Waals surface area contributed by atoms with E-state index in [0.717, 1.165) is 24.5 Å². The first-order valence-electron chi connectivity index (χ1n) is 12.3. The second-order valence-electron chi connectivity index (χ2n) is 9.26. The van der Waals surface area contributed by atoms with Gasteiger partial charge in [0, 0.05) is 24.5 Å². The van der Waals surface area contributed by atoms with E-state index in [1.165, 1.54) is 23.3 Å². The van der Waals surface area contributed by atoms with Gasteiger partial charge >= 0.3 is 0 Å². The van der Waals surface area contributed by atoms with Gasteiger partial charge in [-0.3, -0.25) is 9.69 Å². The van der Waals surface area contributed by atoms with Gasteiger partial charge in [0.05, 0.1) is 39.0 Å². The van der Waals surface area contributed by atoms with Crippen molar-refractivity contribution in [2.45, 2.75) is 31.4 Å². The molecular formula is C27H36N2O5S. The maximum Gasteiger partial charge on any atom is 0.237 e. The second kappa shape index (κ2) is 12.5. The van der Waals surface area contributed by atoms with Gasteiger partial charge in [-0.25, -0.2) is 0 Å². The van der Waals surface area contributed by atoms with Crippen LogP contribution in [-0.4, -0.2) is 80.0 Å². The minimum atomic E-state index is -0.638. The second-order valence-corrected chi connectivity index (χ2v) is 10.3. The van der Waals surface area contributed by atoms with Gasteiger partial charge in [0.1, 0.15) is 18.1 Å². The Kier molecular flexibility index (Phi) is 9.20. The highest BCUT2D eigenvalue weighted by molar-refractivity contribution is 7.10. The van der Waals surface area contributed by atoms with Gasteiger partial charge < -0.3 is 24.2 Å². The number of benzene rings is 1. The maximum atomic E-state index is 13.6. The van der Waals surface area contributed by atoms with Crippen LogP contribution in [0.4, 0.5) is 0 Å². The fourth-order valence-electron chi connectivity index (χ4n) is 4.51. The first-order valence-corrected chi connectivity index (χ1v) is 13.2. The van der Waals surface area contributed by atoms with Crippen LogP contribution in [0.5, 0.6) is 11.5 Å². The Balaban J connectivity index is 1.41. The zero-order chi connectivity index (χ0) is 24.6. The predicted molar refractivity (Wildman–Crippen MR) is 137 cm³/mol. The highest BCUT2D eigenvalue weighted by Gasteiger charge is 2.34. The minimum Gasteiger partial charge on any atom is -0.497 e. The van der Waals surface area contributed by atoms with Gasteiger partial charge in [0.15, 0.2) is 0 Å². The number of carbonyl (C=O) groups excluding carboxylic acids is 1. The highest BCUT2D eigenvalue weighted by atomic mass is 32.1. The summed E-state index contributed by atoms with van der Waals surface area (Å²) in [7, 11) is 1.64. The third kappa shape index (κ3) is 7.30. The van der Waals surface area contributed by atoms with Gasteiger partial charge in [-0.05, 0) is 66.5 Å². The molecule has 2 aromatic rings. The summed E-state index contributed by atoms with van der Waals surface area (Å²) in [5, 5.41) is 12.5. The molecule has 1 aliphatic carbocycles. The summed E-state index contributed by atoms with van der Waals surface area (Å²) < 4.78 is 16.8. The monoisotopic (exact) mass is 500 g/mol. The number of ether oxygens (including phenoxy) is 3. The van der Waals surface area contributed by atoms with E-state index < -0.39 is 6.10 Å². The Labute approximate surface area is 211 Å². The summed E-state index contributed by atoms with van der Waals surface area (Å²) in [6.45, 7) is 6.88. The molecule has 1 saturated carbocycles. The molecule has 2 aliphatic rings. The Hall–Kier alpha value is -2.39. The molecule has 2 atom stereocenters. The molecule has 0 bridgehead atoms. The van der Waals surface area contributed by atoms with Crippen LogP contribution < -0.4 is 9.47 Å². The molecule has 190 valence electrons. The van der Waals surface area contributed by atoms with Crippen molar-refractivity contribution in [2.75, 3.05) is 53.1 Å². The lowest BCUT2D eigenvalue weighted by Gasteiger charge is -2.37. The van der Waals surface area contributed by atoms with Gasteiger partial charge in [0.25, 0.3) is 0 Å². The van der Waals surface area contributed by atoms with Crippen molar-refractivity contribution in [3.05, 3.63) is 58.8 Å². The predicted octanol–water partition coefficient (Wildman–Crippen LogP) is 3.54. The number of methoxy groups -OCH3 is 1. The van der Waals surface area contributed by atoms with Crippen LogP contribution in [0, 0.1) is 5.92 Å². The van der Waals surface area contributed by atoms with E-state index in [9.17, 15) is 9.90 Å². The molecule has 2 unspecified atom stereocenters. The normalized spacial score (nSPS) is 18.3. The largest absolute Gasteiger partial charge is 0.497 e. The lowest BCUT2D eigenvalue weighted by Crippen LogP contribution is -2.48. The van der Waals surface area contributed by atoms with Crippen molar-refractivity contribution in [3.63, 3.8) is 0 Å². The summed E-state index contributed by atoms with van der Waals surface area (Å²) in [6.07, 6.45) is 4.27. The van der Waals surface area contributed by atoms with E-state index in [2.05, 4.69) is 22.9 Å². The third-order valence-corrected chi connectivity index (χ3v) is 7.47. The zero-order valence-electron chi connectivity index (χ0n) is 20.4. The molecular weight excluding hydrogens is 464 g/mol. The Morgan fingerprint density at radius 3 is 2.77 bits per heavy atom. The average Bonchev–Trinajstić information content (AvgIpc) is 3.54. The van der Waals surface area contributed by atoms with E-state index in [1.54, 1.807) is 24.5 Å². The average molecular weight is 501 g/mol. The van der Waals surface area contributed by atoms with Crippen molar-refractivity contribution in [1.29, 1.82) is 0 Å². The van der Waals surface area contributed by atoms with Crippen LogP contribution in [0.3, 0.4) is 0 Å². The summed E-state index contributed by atoms with van der Waals surface area (Å²) in [4.78, 5) is 18.9. The number of rotatable bonds is 14. The molecule has 0 saturated heterocycles. The van der Waals surface area contributed by atoms with Crippen molar-refractivity contribution < 1.29 is 24.1 Å². The summed E-state index contributed by atoms with van der Waals surface area (Å²) in [5.74, 6) is 2.21. The van der Waals surface area contributed by atoms with Crippen molar-refractivity contribution in [3.8, 4) is 11.5 Å². The summed E-state index contributed by atoms with van der Waals surface area (Å²) in [5.41, 5.74) is 1.18. The van der Waals surface area contributed by atoms with Crippen molar-refractivity contribution >= 4 is 17.2 Å². The number of amides is 1. The third-order valence-electron chi connectivity index (χ3n) is 6.47. The van der Waals surface area contributed by atoms with Gasteiger partial charge in [-0.15, -0.1) is 17.9 Å². The Bertz CT molecular complexity index is 959. The van der Waals surface area contributed by atoms with Crippen LogP contribution in [0.15, 0.2) is 48.4 Å². The summed E-state index contributed by atoms with van der Waals surface area (Å²) in [6, 6.07) is 9.49. The van der Waals surface area contributed by atoms with E-state index in [1.807, 2.05) is 29.2 Å². The SMILES string of the molecule is C=CCOCC(O)CN(CC(=O)N1CCc2sccc2C1COc1ccc(OC)cc1)CC1CC1. The molecule has 0 spiro atoms. The molecule has 1 aromatic heterocycles. The lowest BCUT2D eigenvalue weighted by molar-refractivity contribution is -0.136. The Morgan fingerprint density at radius 2 is 2.06 bits per heavy atom. The molecule has 2 heterocycles. The molecule has 7 nitrogen and oxygen atoms in total. The standard InChI is InChI=1S/C27H36N2O5S/c1-3-13-33-18-21(30)16-28(15-20-4-5-20)17-27(31)29-12-10-26-24(11-14-35-26)25(29)19-34-23-8-6-22(32-2)7-9-23/h3,6-9,11,14,20-21,25,30H,1,4-5,10,12-13,15-19H2,2H3. The molecule has 35 heavy (non-hydrogen) atoms. The van der Waals surface area contributed by atoms with Crippen LogP contribution in [0.25, 0.3) is 0 Å². The summed E-state index contributed by atoms with van der Waals surface area (Å²) >= 11 is 1.74. The van der Waals surface area contributed by atoms with E-state index in [0.29, 0.717) is 32.2 Å². The zero-order valence-corrected chi connectivity index (χ0v) is 21.3. The molecule has 0 radical (unpaired) electrons. The molecule has 1 aliphatic heterocycles. The van der Waals surface area contributed by atoms with Gasteiger partial charge in [0.2, 0.25) is 5.91 Å². The molecule has 1 fully saturated rings. The molecule has 4 rings (SSSR count). The first kappa shape index (κ1) is 25.7. The van der Waals surface area contributed by atoms with Crippen LogP contribution in [0.1, 0.15) is 29.3 Å². The molecule has 1 N–H and O–H groups in total. The lowest BCUT2D eigenvalue weighted by atomic mass is 10.0. The fourth-order valence-corrected chi connectivity index (χ4v) is 5.44. The van der Waals surface area contributed by atoms with Gasteiger partial charge in [-0.2, -0.15) is 0 Å². The van der Waals surface area contributed by atoms with E-state index >= 15 is 0 Å². The number of thiophene rings is 1. The highest BCUT2D eigenvalue weighted by Crippen LogP contribution is 2.34. The number of aliphatic hydroxyl groups is 1. The maximum absolute atomic E-state index is 13.6. The van der Waals surface area contributed by atoms with E-state index in [-0.39, 0.29) is 25.1 Å². The smallest absolute Gasteiger partial charge is 0.237 e. The number of fused-ring (bicyclic) bond motifs is 1. The van der Waals surface area contributed by atoms with E-state index in [4.69, 9.17) is 14.2 Å². The topological polar surface area (TPSA) is 71.5 Å². The fraction of sp³-hybridized carbons (Fsp3) is 0.519. The molecule has 1 amide bonds. The van der Waals surface area contributed by atoms with Gasteiger partial charge in [-0.1, -0.05) is 6.08 Å². The quantitative estimate of drug-likeness (QED) is 0.316. The number of hydrogen-bond donors (Lipinski definition) is 1. The van der Waals surface area contributed by atoms with Crippen molar-refractivity contribution in [1.82, 2.24) is 9.80 Å². The number of nitrogens with zero attached hydrogens (tertiary/aromatic N) is 2. The first-order chi connectivity index (χ1) is 17.1. The number of carbonyl (C=O) groups is 1. The number of aliphatic hydroxyl groups excluding tert-OH is 1. The minimum absolute atomic E-state index is 0.0741. The van der Waals surface area contributed by atoms with Crippen molar-refractivity contribution in [2.24, 2.45) is 5.92 Å². The Morgan fingerprint density at radius 1 is 1.29 bits per heavy atom. The van der Waals surface area contributed by atoms with Crippen LogP contribution >= 0.6 is 11.3 Å². The molecule has 1 aromatic carbocycles.